The Labute approximate surface area is 106 Å². The molecule has 2 aromatic rings. The van der Waals surface area contributed by atoms with Crippen LogP contribution in [0.15, 0.2) is 30.5 Å². The van der Waals surface area contributed by atoms with E-state index in [0.29, 0.717) is 19.0 Å². The molecule has 0 saturated heterocycles. The molecule has 3 N–H and O–H groups in total. The smallest absolute Gasteiger partial charge is 0.222 e. The highest BCUT2D eigenvalue weighted by molar-refractivity contribution is 5.90. The fourth-order valence-electron chi connectivity index (χ4n) is 2.23. The van der Waals surface area contributed by atoms with Gasteiger partial charge in [0.25, 0.3) is 0 Å². The molecule has 0 aliphatic heterocycles. The predicted molar refractivity (Wildman–Crippen MR) is 72.1 cm³/mol. The number of amides is 1. The largest absolute Gasteiger partial charge is 0.397 e. The molecule has 1 amide bonds. The van der Waals surface area contributed by atoms with Crippen molar-refractivity contribution < 1.29 is 4.79 Å². The number of nitrogens with two attached hydrogens (primary N) is 1. The van der Waals surface area contributed by atoms with Crippen LogP contribution in [0.2, 0.25) is 0 Å². The summed E-state index contributed by atoms with van der Waals surface area (Å²) >= 11 is 0. The minimum atomic E-state index is 0.133. The second-order valence-electron chi connectivity index (χ2n) is 4.89. The fraction of sp³-hybridized carbons (Fsp3) is 0.357. The number of para-hydroxylation sites is 1. The lowest BCUT2D eigenvalue weighted by Gasteiger charge is -2.07. The first kappa shape index (κ1) is 11.1. The number of nitrogens with one attached hydrogen (secondary N) is 1. The molecule has 0 bridgehead atoms. The Bertz CT molecular complexity index is 584. The molecule has 4 heteroatoms. The molecule has 4 nitrogen and oxygen atoms in total. The Morgan fingerprint density at radius 3 is 3.00 bits per heavy atom. The number of fused-ring (bicyclic) bond motifs is 1. The number of anilines is 1. The van der Waals surface area contributed by atoms with Gasteiger partial charge in [-0.25, -0.2) is 0 Å². The summed E-state index contributed by atoms with van der Waals surface area (Å²) in [5.74, 6) is 0.133. The summed E-state index contributed by atoms with van der Waals surface area (Å²) in [4.78, 5) is 11.7. The van der Waals surface area contributed by atoms with Crippen molar-refractivity contribution >= 4 is 22.5 Å². The maximum Gasteiger partial charge on any atom is 0.222 e. The van der Waals surface area contributed by atoms with Gasteiger partial charge in [-0.2, -0.15) is 0 Å². The molecule has 1 aromatic heterocycles. The van der Waals surface area contributed by atoms with Crippen LogP contribution in [0, 0.1) is 0 Å². The molecule has 94 valence electrons. The van der Waals surface area contributed by atoms with Crippen molar-refractivity contribution in [3.63, 3.8) is 0 Å². The van der Waals surface area contributed by atoms with E-state index in [2.05, 4.69) is 9.88 Å². The zero-order valence-corrected chi connectivity index (χ0v) is 10.2. The first-order valence-corrected chi connectivity index (χ1v) is 6.37. The highest BCUT2D eigenvalue weighted by Crippen LogP contribution is 2.22. The third kappa shape index (κ3) is 2.18. The summed E-state index contributed by atoms with van der Waals surface area (Å²) in [5, 5.41) is 4.12. The maximum atomic E-state index is 11.7. The van der Waals surface area contributed by atoms with Crippen LogP contribution in [0.1, 0.15) is 19.3 Å². The highest BCUT2D eigenvalue weighted by Gasteiger charge is 2.22. The van der Waals surface area contributed by atoms with Crippen molar-refractivity contribution in [3.05, 3.63) is 30.5 Å². The molecule has 18 heavy (non-hydrogen) atoms. The third-order valence-corrected chi connectivity index (χ3v) is 3.34. The van der Waals surface area contributed by atoms with Gasteiger partial charge in [0.15, 0.2) is 0 Å². The van der Waals surface area contributed by atoms with Crippen LogP contribution in [-0.2, 0) is 11.3 Å². The second-order valence-corrected chi connectivity index (χ2v) is 4.89. The molecule has 1 heterocycles. The molecule has 1 saturated carbocycles. The number of hydrogen-bond donors (Lipinski definition) is 2. The van der Waals surface area contributed by atoms with Gasteiger partial charge in [-0.1, -0.05) is 12.1 Å². The normalized spacial score (nSPS) is 14.9. The van der Waals surface area contributed by atoms with Gasteiger partial charge in [-0.3, -0.25) is 4.79 Å². The van der Waals surface area contributed by atoms with E-state index in [4.69, 9.17) is 5.73 Å². The summed E-state index contributed by atoms with van der Waals surface area (Å²) in [6, 6.07) is 8.34. The number of aryl methyl sites for hydroxylation is 1. The van der Waals surface area contributed by atoms with Gasteiger partial charge in [-0.15, -0.1) is 0 Å². The molecule has 1 fully saturated rings. The summed E-state index contributed by atoms with van der Waals surface area (Å²) in [7, 11) is 0. The topological polar surface area (TPSA) is 60.0 Å². The standard InChI is InChI=1S/C14H17N3O/c15-12-3-1-2-10-6-8-17(14(10)12)9-7-13(18)16-11-4-5-11/h1-3,6,8,11H,4-5,7,9,15H2,(H,16,18). The van der Waals surface area contributed by atoms with Crippen LogP contribution < -0.4 is 11.1 Å². The van der Waals surface area contributed by atoms with Gasteiger partial charge in [0.2, 0.25) is 5.91 Å². The summed E-state index contributed by atoms with van der Waals surface area (Å²) in [6.07, 6.45) is 4.76. The Balaban J connectivity index is 1.72. The Hall–Kier alpha value is -1.97. The SMILES string of the molecule is Nc1cccc2ccn(CCC(=O)NC3CC3)c12. The minimum Gasteiger partial charge on any atom is -0.397 e. The molecule has 0 unspecified atom stereocenters. The number of nitrogen functional groups attached to an aromatic ring is 1. The average Bonchev–Trinajstić information content (AvgIpc) is 3.05. The minimum absolute atomic E-state index is 0.133. The van der Waals surface area contributed by atoms with Crippen molar-refractivity contribution in [2.24, 2.45) is 0 Å². The van der Waals surface area contributed by atoms with Crippen LogP contribution in [-0.4, -0.2) is 16.5 Å². The lowest BCUT2D eigenvalue weighted by molar-refractivity contribution is -0.121. The van der Waals surface area contributed by atoms with Crippen molar-refractivity contribution in [2.45, 2.75) is 31.8 Å². The van der Waals surface area contributed by atoms with Crippen LogP contribution in [0.5, 0.6) is 0 Å². The molecular weight excluding hydrogens is 226 g/mol. The fourth-order valence-corrected chi connectivity index (χ4v) is 2.23. The number of carbonyl (C=O) groups is 1. The lowest BCUT2D eigenvalue weighted by atomic mass is 10.2. The van der Waals surface area contributed by atoms with Crippen molar-refractivity contribution in [1.29, 1.82) is 0 Å². The number of nitrogens with zero attached hydrogens (tertiary/aromatic N) is 1. The Morgan fingerprint density at radius 2 is 2.22 bits per heavy atom. The Kier molecular flexibility index (Phi) is 2.70. The van der Waals surface area contributed by atoms with E-state index >= 15 is 0 Å². The predicted octanol–water partition coefficient (Wildman–Crippen LogP) is 1.89. The molecule has 1 aromatic carbocycles. The summed E-state index contributed by atoms with van der Waals surface area (Å²) in [5.41, 5.74) is 7.77. The number of benzene rings is 1. The second kappa shape index (κ2) is 4.37. The van der Waals surface area contributed by atoms with Crippen LogP contribution in [0.3, 0.4) is 0 Å². The van der Waals surface area contributed by atoms with Crippen LogP contribution >= 0.6 is 0 Å². The van der Waals surface area contributed by atoms with E-state index in [1.807, 2.05) is 30.5 Å². The molecule has 0 atom stereocenters. The zero-order chi connectivity index (χ0) is 12.5. The van der Waals surface area contributed by atoms with E-state index in [1.54, 1.807) is 0 Å². The van der Waals surface area contributed by atoms with E-state index < -0.39 is 0 Å². The summed E-state index contributed by atoms with van der Waals surface area (Å²) in [6.45, 7) is 0.677. The molecule has 1 aliphatic carbocycles. The number of carbonyl (C=O) groups excluding carboxylic acids is 1. The van der Waals surface area contributed by atoms with Gasteiger partial charge in [0.1, 0.15) is 0 Å². The average molecular weight is 243 g/mol. The van der Waals surface area contributed by atoms with Gasteiger partial charge >= 0.3 is 0 Å². The van der Waals surface area contributed by atoms with Gasteiger partial charge < -0.3 is 15.6 Å². The molecular formula is C14H17N3O. The number of rotatable bonds is 4. The molecule has 3 rings (SSSR count). The lowest BCUT2D eigenvalue weighted by Crippen LogP contribution is -2.26. The number of hydrogen-bond acceptors (Lipinski definition) is 2. The monoisotopic (exact) mass is 243 g/mol. The van der Waals surface area contributed by atoms with E-state index in [0.717, 1.165) is 29.4 Å². The quantitative estimate of drug-likeness (QED) is 0.806. The van der Waals surface area contributed by atoms with Gasteiger partial charge in [-0.05, 0) is 25.0 Å². The number of aromatic nitrogens is 1. The maximum absolute atomic E-state index is 11.7. The van der Waals surface area contributed by atoms with E-state index in [1.165, 1.54) is 0 Å². The van der Waals surface area contributed by atoms with Crippen molar-refractivity contribution in [3.8, 4) is 0 Å². The molecule has 1 aliphatic rings. The van der Waals surface area contributed by atoms with E-state index in [9.17, 15) is 4.79 Å². The zero-order valence-electron chi connectivity index (χ0n) is 10.2. The Morgan fingerprint density at radius 1 is 1.39 bits per heavy atom. The van der Waals surface area contributed by atoms with Crippen molar-refractivity contribution in [2.75, 3.05) is 5.73 Å². The van der Waals surface area contributed by atoms with Gasteiger partial charge in [0, 0.05) is 30.6 Å². The third-order valence-electron chi connectivity index (χ3n) is 3.34. The first-order chi connectivity index (χ1) is 8.74. The van der Waals surface area contributed by atoms with Crippen LogP contribution in [0.25, 0.3) is 10.9 Å². The summed E-state index contributed by atoms with van der Waals surface area (Å²) < 4.78 is 2.05. The van der Waals surface area contributed by atoms with E-state index in [-0.39, 0.29) is 5.91 Å². The van der Waals surface area contributed by atoms with Gasteiger partial charge in [0.05, 0.1) is 11.2 Å². The molecule has 0 radical (unpaired) electrons. The van der Waals surface area contributed by atoms with Crippen LogP contribution in [0.4, 0.5) is 5.69 Å². The van der Waals surface area contributed by atoms with Crippen molar-refractivity contribution in [1.82, 2.24) is 9.88 Å². The first-order valence-electron chi connectivity index (χ1n) is 6.37. The highest BCUT2D eigenvalue weighted by atomic mass is 16.1. The molecule has 0 spiro atoms.